The van der Waals surface area contributed by atoms with Crippen LogP contribution >= 0.6 is 0 Å². The summed E-state index contributed by atoms with van der Waals surface area (Å²) in [5.41, 5.74) is 2.06. The summed E-state index contributed by atoms with van der Waals surface area (Å²) in [7, 11) is 0. The molecule has 1 aliphatic rings. The van der Waals surface area contributed by atoms with Crippen LogP contribution in [-0.4, -0.2) is 12.1 Å². The first-order chi connectivity index (χ1) is 5.24. The van der Waals surface area contributed by atoms with E-state index in [4.69, 9.17) is 5.84 Å². The zero-order valence-electron chi connectivity index (χ0n) is 6.76. The van der Waals surface area contributed by atoms with E-state index >= 15 is 0 Å². The van der Waals surface area contributed by atoms with E-state index < -0.39 is 0 Å². The van der Waals surface area contributed by atoms with Crippen LogP contribution in [0.3, 0.4) is 0 Å². The molecule has 1 aliphatic carbocycles. The van der Waals surface area contributed by atoms with Gasteiger partial charge in [0.2, 0.25) is 0 Å². The van der Waals surface area contributed by atoms with Crippen molar-refractivity contribution in [3.63, 3.8) is 0 Å². The van der Waals surface area contributed by atoms with E-state index in [-0.39, 0.29) is 6.03 Å². The van der Waals surface area contributed by atoms with E-state index in [9.17, 15) is 4.79 Å². The second-order valence-corrected chi connectivity index (χ2v) is 3.13. The van der Waals surface area contributed by atoms with Gasteiger partial charge >= 0.3 is 6.03 Å². The van der Waals surface area contributed by atoms with Gasteiger partial charge in [-0.15, -0.1) is 0 Å². The van der Waals surface area contributed by atoms with Crippen molar-refractivity contribution in [1.82, 2.24) is 10.7 Å². The number of nitrogens with two attached hydrogens (primary N) is 1. The molecule has 1 fully saturated rings. The normalized spacial score (nSPS) is 30.0. The zero-order chi connectivity index (χ0) is 8.27. The van der Waals surface area contributed by atoms with Crippen LogP contribution in [0.2, 0.25) is 0 Å². The van der Waals surface area contributed by atoms with E-state index in [1.807, 2.05) is 0 Å². The molecule has 0 spiro atoms. The van der Waals surface area contributed by atoms with Gasteiger partial charge in [0.25, 0.3) is 0 Å². The van der Waals surface area contributed by atoms with E-state index in [2.05, 4.69) is 17.7 Å². The summed E-state index contributed by atoms with van der Waals surface area (Å²) in [5, 5.41) is 2.80. The van der Waals surface area contributed by atoms with Crippen LogP contribution in [0.5, 0.6) is 0 Å². The number of rotatable bonds is 1. The molecule has 11 heavy (non-hydrogen) atoms. The molecule has 0 bridgehead atoms. The number of carbonyl (C=O) groups is 1. The predicted molar refractivity (Wildman–Crippen MR) is 42.7 cm³/mol. The molecule has 64 valence electrons. The van der Waals surface area contributed by atoms with Gasteiger partial charge < -0.3 is 5.32 Å². The first kappa shape index (κ1) is 8.33. The van der Waals surface area contributed by atoms with E-state index in [1.54, 1.807) is 0 Å². The van der Waals surface area contributed by atoms with Gasteiger partial charge in [-0.1, -0.05) is 13.3 Å². The van der Waals surface area contributed by atoms with Crippen molar-refractivity contribution in [3.8, 4) is 0 Å². The van der Waals surface area contributed by atoms with Gasteiger partial charge in [0.05, 0.1) is 0 Å². The van der Waals surface area contributed by atoms with Crippen molar-refractivity contribution < 1.29 is 4.79 Å². The van der Waals surface area contributed by atoms with Gasteiger partial charge in [0, 0.05) is 6.04 Å². The van der Waals surface area contributed by atoms with Crippen LogP contribution in [0.4, 0.5) is 4.79 Å². The Kier molecular flexibility index (Phi) is 2.70. The second kappa shape index (κ2) is 3.57. The van der Waals surface area contributed by atoms with E-state index in [0.29, 0.717) is 12.0 Å². The molecular weight excluding hydrogens is 142 g/mol. The van der Waals surface area contributed by atoms with Crippen LogP contribution in [-0.2, 0) is 0 Å². The third kappa shape index (κ3) is 2.08. The quantitative estimate of drug-likeness (QED) is 0.292. The Morgan fingerprint density at radius 3 is 2.73 bits per heavy atom. The highest BCUT2D eigenvalue weighted by molar-refractivity contribution is 5.73. The maximum Gasteiger partial charge on any atom is 0.329 e. The Hall–Kier alpha value is -0.770. The molecule has 0 aromatic carbocycles. The lowest BCUT2D eigenvalue weighted by Gasteiger charge is -2.16. The van der Waals surface area contributed by atoms with Gasteiger partial charge in [0.1, 0.15) is 0 Å². The highest BCUT2D eigenvalue weighted by atomic mass is 16.2. The Labute approximate surface area is 66.5 Å². The van der Waals surface area contributed by atoms with Crippen LogP contribution in [0, 0.1) is 5.92 Å². The fourth-order valence-corrected chi connectivity index (χ4v) is 1.57. The van der Waals surface area contributed by atoms with Gasteiger partial charge in [-0.25, -0.2) is 10.6 Å². The molecule has 4 nitrogen and oxygen atoms in total. The zero-order valence-corrected chi connectivity index (χ0v) is 6.76. The van der Waals surface area contributed by atoms with Crippen molar-refractivity contribution in [2.24, 2.45) is 11.8 Å². The van der Waals surface area contributed by atoms with E-state index in [1.165, 1.54) is 12.8 Å². The van der Waals surface area contributed by atoms with Crippen LogP contribution in [0.15, 0.2) is 0 Å². The highest BCUT2D eigenvalue weighted by Crippen LogP contribution is 2.24. The minimum absolute atomic E-state index is 0.274. The summed E-state index contributed by atoms with van der Waals surface area (Å²) in [6.45, 7) is 2.15. The molecule has 0 radical (unpaired) electrons. The molecule has 1 rings (SSSR count). The van der Waals surface area contributed by atoms with Gasteiger partial charge in [-0.05, 0) is 18.8 Å². The molecule has 2 atom stereocenters. The average Bonchev–Trinajstić information content (AvgIpc) is 2.37. The maximum absolute atomic E-state index is 10.8. The lowest BCUT2D eigenvalue weighted by atomic mass is 10.1. The maximum atomic E-state index is 10.8. The third-order valence-corrected chi connectivity index (χ3v) is 2.31. The van der Waals surface area contributed by atoms with Crippen molar-refractivity contribution in [3.05, 3.63) is 0 Å². The van der Waals surface area contributed by atoms with Gasteiger partial charge in [-0.2, -0.15) is 0 Å². The summed E-state index contributed by atoms with van der Waals surface area (Å²) in [4.78, 5) is 10.8. The molecule has 2 unspecified atom stereocenters. The number of hydrogen-bond donors (Lipinski definition) is 3. The topological polar surface area (TPSA) is 67.2 Å². The standard InChI is InChI=1S/C7H15N3O/c1-5-3-2-4-6(5)9-7(11)10-8/h5-6H,2-4,8H2,1H3,(H2,9,10,11). The predicted octanol–water partition coefficient (Wildman–Crippen LogP) is 0.348. The molecule has 0 aromatic rings. The van der Waals surface area contributed by atoms with E-state index in [0.717, 1.165) is 6.42 Å². The van der Waals surface area contributed by atoms with Crippen LogP contribution < -0.4 is 16.6 Å². The number of urea groups is 1. The number of carbonyl (C=O) groups excluding carboxylic acids is 1. The number of nitrogens with one attached hydrogen (secondary N) is 2. The summed E-state index contributed by atoms with van der Waals surface area (Å²) < 4.78 is 0. The first-order valence-electron chi connectivity index (χ1n) is 4.01. The van der Waals surface area contributed by atoms with Gasteiger partial charge in [-0.3, -0.25) is 5.43 Å². The molecule has 1 saturated carbocycles. The number of amides is 2. The molecular formula is C7H15N3O. The fourth-order valence-electron chi connectivity index (χ4n) is 1.57. The fraction of sp³-hybridized carbons (Fsp3) is 0.857. The van der Waals surface area contributed by atoms with Crippen molar-refractivity contribution in [2.45, 2.75) is 32.2 Å². The Morgan fingerprint density at radius 1 is 1.55 bits per heavy atom. The van der Waals surface area contributed by atoms with Crippen molar-refractivity contribution in [1.29, 1.82) is 0 Å². The number of hydrazine groups is 1. The number of hydrogen-bond acceptors (Lipinski definition) is 2. The third-order valence-electron chi connectivity index (χ3n) is 2.31. The molecule has 0 heterocycles. The SMILES string of the molecule is CC1CCCC1NC(=O)NN. The summed E-state index contributed by atoms with van der Waals surface area (Å²) in [6.07, 6.45) is 3.49. The van der Waals surface area contributed by atoms with Gasteiger partial charge in [0.15, 0.2) is 0 Å². The summed E-state index contributed by atoms with van der Waals surface area (Å²) >= 11 is 0. The molecule has 2 amide bonds. The smallest absolute Gasteiger partial charge is 0.329 e. The lowest BCUT2D eigenvalue weighted by Crippen LogP contribution is -2.45. The minimum atomic E-state index is -0.274. The largest absolute Gasteiger partial charge is 0.334 e. The molecule has 0 aliphatic heterocycles. The summed E-state index contributed by atoms with van der Waals surface area (Å²) in [5.74, 6) is 5.52. The monoisotopic (exact) mass is 157 g/mol. The van der Waals surface area contributed by atoms with Crippen LogP contribution in [0.25, 0.3) is 0 Å². The highest BCUT2D eigenvalue weighted by Gasteiger charge is 2.24. The van der Waals surface area contributed by atoms with Crippen molar-refractivity contribution >= 4 is 6.03 Å². The molecule has 4 N–H and O–H groups in total. The van der Waals surface area contributed by atoms with Crippen molar-refractivity contribution in [2.75, 3.05) is 0 Å². The lowest BCUT2D eigenvalue weighted by molar-refractivity contribution is 0.234. The average molecular weight is 157 g/mol. The minimum Gasteiger partial charge on any atom is -0.334 e. The Morgan fingerprint density at radius 2 is 2.27 bits per heavy atom. The molecule has 0 aromatic heterocycles. The Balaban J connectivity index is 2.30. The first-order valence-corrected chi connectivity index (χ1v) is 4.01. The molecule has 4 heteroatoms. The Bertz CT molecular complexity index is 149. The second-order valence-electron chi connectivity index (χ2n) is 3.13. The van der Waals surface area contributed by atoms with Crippen LogP contribution in [0.1, 0.15) is 26.2 Å². The summed E-state index contributed by atoms with van der Waals surface area (Å²) in [6, 6.07) is 0.0438. The molecule has 0 saturated heterocycles.